The summed E-state index contributed by atoms with van der Waals surface area (Å²) < 4.78 is 0. The number of hydrogen-bond donors (Lipinski definition) is 1. The SMILES string of the molecule is CC1SCC(C(=O)O)N1C(=O)N1CCC(N(C)C)CC1. The van der Waals surface area contributed by atoms with Crippen molar-refractivity contribution < 1.29 is 14.7 Å². The number of likely N-dealkylation sites (tertiary alicyclic amines) is 1. The fraction of sp³-hybridized carbons (Fsp3) is 0.846. The van der Waals surface area contributed by atoms with Crippen molar-refractivity contribution in [1.82, 2.24) is 14.7 Å². The highest BCUT2D eigenvalue weighted by molar-refractivity contribution is 8.00. The van der Waals surface area contributed by atoms with Crippen LogP contribution in [0.4, 0.5) is 4.79 Å². The number of urea groups is 1. The monoisotopic (exact) mass is 301 g/mol. The lowest BCUT2D eigenvalue weighted by Gasteiger charge is -2.38. The van der Waals surface area contributed by atoms with Crippen LogP contribution in [0.25, 0.3) is 0 Å². The third-order valence-corrected chi connectivity index (χ3v) is 5.41. The lowest BCUT2D eigenvalue weighted by atomic mass is 10.0. The number of nitrogens with zero attached hydrogens (tertiary/aromatic N) is 3. The van der Waals surface area contributed by atoms with E-state index in [4.69, 9.17) is 0 Å². The molecule has 6 nitrogen and oxygen atoms in total. The number of piperidine rings is 1. The predicted octanol–water partition coefficient (Wildman–Crippen LogP) is 0.980. The number of carboxylic acids is 1. The van der Waals surface area contributed by atoms with Crippen LogP contribution >= 0.6 is 11.8 Å². The first-order chi connectivity index (χ1) is 9.41. The second-order valence-electron chi connectivity index (χ2n) is 5.66. The average Bonchev–Trinajstić information content (AvgIpc) is 2.80. The summed E-state index contributed by atoms with van der Waals surface area (Å²) in [5, 5.41) is 9.17. The molecular weight excluding hydrogens is 278 g/mol. The van der Waals surface area contributed by atoms with E-state index in [0.717, 1.165) is 12.8 Å². The molecule has 1 N–H and O–H groups in total. The van der Waals surface area contributed by atoms with Gasteiger partial charge in [0.2, 0.25) is 0 Å². The minimum atomic E-state index is -0.904. The van der Waals surface area contributed by atoms with Gasteiger partial charge in [-0.3, -0.25) is 4.90 Å². The number of aliphatic carboxylic acids is 1. The summed E-state index contributed by atoms with van der Waals surface area (Å²) in [6.45, 7) is 3.32. The summed E-state index contributed by atoms with van der Waals surface area (Å²) in [4.78, 5) is 29.3. The first-order valence-electron chi connectivity index (χ1n) is 7.00. The van der Waals surface area contributed by atoms with E-state index in [2.05, 4.69) is 19.0 Å². The van der Waals surface area contributed by atoms with Gasteiger partial charge in [0.15, 0.2) is 0 Å². The maximum absolute atomic E-state index is 12.6. The maximum Gasteiger partial charge on any atom is 0.327 e. The van der Waals surface area contributed by atoms with Crippen molar-refractivity contribution in [1.29, 1.82) is 0 Å². The van der Waals surface area contributed by atoms with Crippen LogP contribution in [0, 0.1) is 0 Å². The van der Waals surface area contributed by atoms with Crippen molar-refractivity contribution in [2.45, 2.75) is 37.2 Å². The Kier molecular flexibility index (Phi) is 4.80. The van der Waals surface area contributed by atoms with E-state index in [1.165, 1.54) is 16.7 Å². The second kappa shape index (κ2) is 6.22. The number of rotatable bonds is 2. The molecule has 0 bridgehead atoms. The third kappa shape index (κ3) is 3.03. The van der Waals surface area contributed by atoms with Gasteiger partial charge in [-0.25, -0.2) is 9.59 Å². The molecule has 114 valence electrons. The zero-order valence-electron chi connectivity index (χ0n) is 12.3. The molecule has 2 aliphatic heterocycles. The van der Waals surface area contributed by atoms with E-state index >= 15 is 0 Å². The van der Waals surface area contributed by atoms with Gasteiger partial charge in [-0.05, 0) is 33.9 Å². The van der Waals surface area contributed by atoms with Crippen LogP contribution in [0.2, 0.25) is 0 Å². The topological polar surface area (TPSA) is 64.1 Å². The first kappa shape index (κ1) is 15.4. The molecule has 0 aliphatic carbocycles. The Morgan fingerprint density at radius 2 is 1.85 bits per heavy atom. The summed E-state index contributed by atoms with van der Waals surface area (Å²) in [5.74, 6) is -0.422. The zero-order chi connectivity index (χ0) is 14.9. The molecule has 2 aliphatic rings. The summed E-state index contributed by atoms with van der Waals surface area (Å²) in [6, 6.07) is -0.291. The summed E-state index contributed by atoms with van der Waals surface area (Å²) in [6.07, 6.45) is 1.90. The molecule has 7 heteroatoms. The van der Waals surface area contributed by atoms with Gasteiger partial charge in [-0.2, -0.15) is 0 Å². The van der Waals surface area contributed by atoms with Crippen molar-refractivity contribution in [3.8, 4) is 0 Å². The second-order valence-corrected chi connectivity index (χ2v) is 7.01. The number of carbonyl (C=O) groups excluding carboxylic acids is 1. The molecule has 0 saturated carbocycles. The smallest absolute Gasteiger partial charge is 0.327 e. The third-order valence-electron chi connectivity index (χ3n) is 4.19. The molecule has 2 heterocycles. The molecule has 2 fully saturated rings. The van der Waals surface area contributed by atoms with E-state index in [-0.39, 0.29) is 11.4 Å². The number of carbonyl (C=O) groups is 2. The minimum Gasteiger partial charge on any atom is -0.480 e. The molecule has 20 heavy (non-hydrogen) atoms. The van der Waals surface area contributed by atoms with Crippen LogP contribution in [0.3, 0.4) is 0 Å². The quantitative estimate of drug-likeness (QED) is 0.824. The summed E-state index contributed by atoms with van der Waals surface area (Å²) in [5.41, 5.74) is 0. The van der Waals surface area contributed by atoms with Crippen molar-refractivity contribution in [2.24, 2.45) is 0 Å². The molecule has 2 amide bonds. The molecule has 0 aromatic carbocycles. The van der Waals surface area contributed by atoms with E-state index in [9.17, 15) is 14.7 Å². The van der Waals surface area contributed by atoms with Gasteiger partial charge < -0.3 is 14.9 Å². The minimum absolute atomic E-state index is 0.0600. The standard InChI is InChI=1S/C13H23N3O3S/c1-9-16(11(8-20-9)12(17)18)13(19)15-6-4-10(5-7-15)14(2)3/h9-11H,4-8H2,1-3H3,(H,17,18). The van der Waals surface area contributed by atoms with Crippen LogP contribution < -0.4 is 0 Å². The van der Waals surface area contributed by atoms with Crippen LogP contribution in [0.15, 0.2) is 0 Å². The Bertz CT molecular complexity index is 383. The van der Waals surface area contributed by atoms with Crippen molar-refractivity contribution in [3.63, 3.8) is 0 Å². The van der Waals surface area contributed by atoms with Gasteiger partial charge >= 0.3 is 12.0 Å². The van der Waals surface area contributed by atoms with Crippen LogP contribution in [0.5, 0.6) is 0 Å². The summed E-state index contributed by atoms with van der Waals surface area (Å²) >= 11 is 1.53. The Labute approximate surface area is 124 Å². The van der Waals surface area contributed by atoms with Crippen LogP contribution in [0.1, 0.15) is 19.8 Å². The van der Waals surface area contributed by atoms with Gasteiger partial charge in [0, 0.05) is 24.9 Å². The molecule has 0 aromatic rings. The largest absolute Gasteiger partial charge is 0.480 e. The molecule has 2 unspecified atom stereocenters. The molecular formula is C13H23N3O3S. The Hall–Kier alpha value is -0.950. The normalized spacial score (nSPS) is 28.2. The number of carboxylic acid groups (broad SMARTS) is 1. The Balaban J connectivity index is 1.99. The number of amides is 2. The van der Waals surface area contributed by atoms with Gasteiger partial charge in [-0.1, -0.05) is 0 Å². The highest BCUT2D eigenvalue weighted by atomic mass is 32.2. The van der Waals surface area contributed by atoms with E-state index in [1.807, 2.05) is 6.92 Å². The predicted molar refractivity (Wildman–Crippen MR) is 78.9 cm³/mol. The Morgan fingerprint density at radius 3 is 2.35 bits per heavy atom. The van der Waals surface area contributed by atoms with Gasteiger partial charge in [0.25, 0.3) is 0 Å². The van der Waals surface area contributed by atoms with Gasteiger partial charge in [0.1, 0.15) is 6.04 Å². The fourth-order valence-corrected chi connectivity index (χ4v) is 4.02. The van der Waals surface area contributed by atoms with Crippen molar-refractivity contribution in [2.75, 3.05) is 32.9 Å². The van der Waals surface area contributed by atoms with Crippen LogP contribution in [-0.4, -0.2) is 82.2 Å². The van der Waals surface area contributed by atoms with E-state index in [0.29, 0.717) is 24.9 Å². The fourth-order valence-electron chi connectivity index (χ4n) is 2.86. The highest BCUT2D eigenvalue weighted by Gasteiger charge is 2.41. The van der Waals surface area contributed by atoms with Crippen molar-refractivity contribution >= 4 is 23.8 Å². The molecule has 0 aromatic heterocycles. The first-order valence-corrected chi connectivity index (χ1v) is 8.04. The molecule has 0 spiro atoms. The number of hydrogen-bond acceptors (Lipinski definition) is 4. The highest BCUT2D eigenvalue weighted by Crippen LogP contribution is 2.30. The van der Waals surface area contributed by atoms with Crippen molar-refractivity contribution in [3.05, 3.63) is 0 Å². The van der Waals surface area contributed by atoms with Gasteiger partial charge in [-0.15, -0.1) is 11.8 Å². The Morgan fingerprint density at radius 1 is 1.25 bits per heavy atom. The molecule has 2 rings (SSSR count). The van der Waals surface area contributed by atoms with Gasteiger partial charge in [0.05, 0.1) is 5.37 Å². The zero-order valence-corrected chi connectivity index (χ0v) is 13.1. The molecule has 2 atom stereocenters. The van der Waals surface area contributed by atoms with Crippen LogP contribution in [-0.2, 0) is 4.79 Å². The molecule has 0 radical (unpaired) electrons. The van der Waals surface area contributed by atoms with E-state index < -0.39 is 12.0 Å². The number of thioether (sulfide) groups is 1. The maximum atomic E-state index is 12.6. The lowest BCUT2D eigenvalue weighted by molar-refractivity contribution is -0.141. The molecule has 2 saturated heterocycles. The average molecular weight is 301 g/mol. The lowest BCUT2D eigenvalue weighted by Crippen LogP contribution is -2.54. The van der Waals surface area contributed by atoms with E-state index in [1.54, 1.807) is 4.90 Å². The summed E-state index contributed by atoms with van der Waals surface area (Å²) in [7, 11) is 4.11.